The van der Waals surface area contributed by atoms with E-state index in [2.05, 4.69) is 5.32 Å². The Morgan fingerprint density at radius 2 is 2.00 bits per heavy atom. The second-order valence-electron chi connectivity index (χ2n) is 5.50. The number of halogens is 1. The number of hydrogen-bond donors (Lipinski definition) is 2. The molecule has 5 nitrogen and oxygen atoms in total. The molecular formula is C16H22FN3O2. The second kappa shape index (κ2) is 7.89. The van der Waals surface area contributed by atoms with Gasteiger partial charge >= 0.3 is 0 Å². The minimum atomic E-state index is -0.360. The minimum Gasteiger partial charge on any atom is -0.354 e. The molecular weight excluding hydrogens is 285 g/mol. The van der Waals surface area contributed by atoms with Crippen LogP contribution in [-0.4, -0.2) is 42.4 Å². The van der Waals surface area contributed by atoms with Gasteiger partial charge in [-0.15, -0.1) is 0 Å². The average Bonchev–Trinajstić information content (AvgIpc) is 2.53. The summed E-state index contributed by atoms with van der Waals surface area (Å²) < 4.78 is 13.0. The smallest absolute Gasteiger partial charge is 0.254 e. The Labute approximate surface area is 129 Å². The third kappa shape index (κ3) is 4.27. The normalized spacial score (nSPS) is 18.1. The SMILES string of the molecule is NCCC(=O)NCC1CCCCN1C(=O)c1ccc(F)cc1. The molecule has 0 aliphatic carbocycles. The van der Waals surface area contributed by atoms with Crippen LogP contribution in [0.1, 0.15) is 36.0 Å². The molecule has 1 aromatic carbocycles. The Bertz CT molecular complexity index is 519. The van der Waals surface area contributed by atoms with Crippen LogP contribution in [0, 0.1) is 5.82 Å². The first kappa shape index (κ1) is 16.4. The fraction of sp³-hybridized carbons (Fsp3) is 0.500. The topological polar surface area (TPSA) is 75.4 Å². The van der Waals surface area contributed by atoms with Gasteiger partial charge in [0.2, 0.25) is 5.91 Å². The van der Waals surface area contributed by atoms with E-state index in [0.717, 1.165) is 19.3 Å². The Morgan fingerprint density at radius 1 is 1.27 bits per heavy atom. The molecule has 0 bridgehead atoms. The van der Waals surface area contributed by atoms with Gasteiger partial charge in [-0.1, -0.05) is 0 Å². The van der Waals surface area contributed by atoms with E-state index >= 15 is 0 Å². The molecule has 1 saturated heterocycles. The van der Waals surface area contributed by atoms with E-state index < -0.39 is 0 Å². The number of carbonyl (C=O) groups excluding carboxylic acids is 2. The summed E-state index contributed by atoms with van der Waals surface area (Å²) in [6.07, 6.45) is 3.12. The van der Waals surface area contributed by atoms with Gasteiger partial charge in [-0.25, -0.2) is 4.39 Å². The summed E-state index contributed by atoms with van der Waals surface area (Å²) in [6, 6.07) is 5.55. The number of benzene rings is 1. The summed E-state index contributed by atoms with van der Waals surface area (Å²) in [4.78, 5) is 25.9. The maximum atomic E-state index is 13.0. The van der Waals surface area contributed by atoms with Gasteiger partial charge in [0.05, 0.1) is 0 Å². The van der Waals surface area contributed by atoms with E-state index in [9.17, 15) is 14.0 Å². The highest BCUT2D eigenvalue weighted by Crippen LogP contribution is 2.19. The average molecular weight is 307 g/mol. The van der Waals surface area contributed by atoms with Crippen molar-refractivity contribution in [3.05, 3.63) is 35.6 Å². The van der Waals surface area contributed by atoms with Gasteiger partial charge in [0.15, 0.2) is 0 Å². The zero-order valence-electron chi connectivity index (χ0n) is 12.6. The first-order valence-electron chi connectivity index (χ1n) is 7.65. The molecule has 1 aromatic rings. The van der Waals surface area contributed by atoms with E-state index in [-0.39, 0.29) is 23.7 Å². The maximum Gasteiger partial charge on any atom is 0.254 e. The van der Waals surface area contributed by atoms with Crippen LogP contribution in [-0.2, 0) is 4.79 Å². The highest BCUT2D eigenvalue weighted by atomic mass is 19.1. The first-order chi connectivity index (χ1) is 10.6. The number of rotatable bonds is 5. The molecule has 1 aliphatic rings. The molecule has 22 heavy (non-hydrogen) atoms. The molecule has 1 atom stereocenters. The third-order valence-corrected chi connectivity index (χ3v) is 3.89. The summed E-state index contributed by atoms with van der Waals surface area (Å²) in [5.41, 5.74) is 5.82. The van der Waals surface area contributed by atoms with Gasteiger partial charge < -0.3 is 16.0 Å². The summed E-state index contributed by atoms with van der Waals surface area (Å²) >= 11 is 0. The molecule has 1 aliphatic heterocycles. The standard InChI is InChI=1S/C16H22FN3O2/c17-13-6-4-12(5-7-13)16(22)20-10-2-1-3-14(20)11-19-15(21)8-9-18/h4-7,14H,1-3,8-11,18H2,(H,19,21). The van der Waals surface area contributed by atoms with Crippen LogP contribution in [0.15, 0.2) is 24.3 Å². The molecule has 0 saturated carbocycles. The zero-order chi connectivity index (χ0) is 15.9. The number of piperidine rings is 1. The molecule has 2 amide bonds. The molecule has 1 unspecified atom stereocenters. The maximum absolute atomic E-state index is 13.0. The lowest BCUT2D eigenvalue weighted by atomic mass is 10.0. The van der Waals surface area contributed by atoms with Gasteiger partial charge in [-0.05, 0) is 43.5 Å². The molecule has 0 spiro atoms. The van der Waals surface area contributed by atoms with E-state index in [1.54, 1.807) is 4.90 Å². The van der Waals surface area contributed by atoms with Gasteiger partial charge in [-0.3, -0.25) is 9.59 Å². The molecule has 1 heterocycles. The lowest BCUT2D eigenvalue weighted by Crippen LogP contribution is -2.49. The highest BCUT2D eigenvalue weighted by Gasteiger charge is 2.27. The van der Waals surface area contributed by atoms with Gasteiger partial charge in [0.25, 0.3) is 5.91 Å². The van der Waals surface area contributed by atoms with Crippen LogP contribution < -0.4 is 11.1 Å². The lowest BCUT2D eigenvalue weighted by Gasteiger charge is -2.36. The molecule has 3 N–H and O–H groups in total. The van der Waals surface area contributed by atoms with Crippen molar-refractivity contribution in [2.45, 2.75) is 31.7 Å². The van der Waals surface area contributed by atoms with Crippen LogP contribution in [0.3, 0.4) is 0 Å². The Morgan fingerprint density at radius 3 is 2.68 bits per heavy atom. The van der Waals surface area contributed by atoms with Crippen LogP contribution in [0.5, 0.6) is 0 Å². The quantitative estimate of drug-likeness (QED) is 0.860. The number of carbonyl (C=O) groups is 2. The molecule has 6 heteroatoms. The molecule has 0 radical (unpaired) electrons. The number of nitrogens with one attached hydrogen (secondary N) is 1. The van der Waals surface area contributed by atoms with Crippen molar-refractivity contribution in [2.24, 2.45) is 5.73 Å². The fourth-order valence-electron chi connectivity index (χ4n) is 2.69. The minimum absolute atomic E-state index is 0.0203. The van der Waals surface area contributed by atoms with Crippen molar-refractivity contribution in [1.29, 1.82) is 0 Å². The number of likely N-dealkylation sites (tertiary alicyclic amines) is 1. The van der Waals surface area contributed by atoms with E-state index in [1.807, 2.05) is 0 Å². The Balaban J connectivity index is 2.00. The largest absolute Gasteiger partial charge is 0.354 e. The predicted octanol–water partition coefficient (Wildman–Crippen LogP) is 1.29. The second-order valence-corrected chi connectivity index (χ2v) is 5.50. The fourth-order valence-corrected chi connectivity index (χ4v) is 2.69. The monoisotopic (exact) mass is 307 g/mol. The third-order valence-electron chi connectivity index (χ3n) is 3.89. The van der Waals surface area contributed by atoms with Crippen molar-refractivity contribution >= 4 is 11.8 Å². The predicted molar refractivity (Wildman–Crippen MR) is 81.8 cm³/mol. The van der Waals surface area contributed by atoms with Crippen molar-refractivity contribution in [1.82, 2.24) is 10.2 Å². The van der Waals surface area contributed by atoms with Crippen LogP contribution in [0.4, 0.5) is 4.39 Å². The molecule has 0 aromatic heterocycles. The molecule has 2 rings (SSSR count). The summed E-state index contributed by atoms with van der Waals surface area (Å²) in [6.45, 7) is 1.41. The Kier molecular flexibility index (Phi) is 5.89. The number of nitrogens with zero attached hydrogens (tertiary/aromatic N) is 1. The van der Waals surface area contributed by atoms with Crippen molar-refractivity contribution in [2.75, 3.05) is 19.6 Å². The van der Waals surface area contributed by atoms with Gasteiger partial charge in [0.1, 0.15) is 5.82 Å². The number of nitrogens with two attached hydrogens (primary N) is 1. The Hall–Kier alpha value is -1.95. The lowest BCUT2D eigenvalue weighted by molar-refractivity contribution is -0.121. The summed E-state index contributed by atoms with van der Waals surface area (Å²) in [7, 11) is 0. The first-order valence-corrected chi connectivity index (χ1v) is 7.65. The highest BCUT2D eigenvalue weighted by molar-refractivity contribution is 5.94. The van der Waals surface area contributed by atoms with Crippen LogP contribution in [0.2, 0.25) is 0 Å². The van der Waals surface area contributed by atoms with Gasteiger partial charge in [0, 0.05) is 37.7 Å². The molecule has 1 fully saturated rings. The van der Waals surface area contributed by atoms with E-state index in [0.29, 0.717) is 31.6 Å². The van der Waals surface area contributed by atoms with E-state index in [1.165, 1.54) is 24.3 Å². The van der Waals surface area contributed by atoms with E-state index in [4.69, 9.17) is 5.73 Å². The van der Waals surface area contributed by atoms with Crippen molar-refractivity contribution < 1.29 is 14.0 Å². The van der Waals surface area contributed by atoms with Crippen molar-refractivity contribution in [3.63, 3.8) is 0 Å². The summed E-state index contributed by atoms with van der Waals surface area (Å²) in [5, 5.41) is 2.83. The molecule has 120 valence electrons. The summed E-state index contributed by atoms with van der Waals surface area (Å²) in [5.74, 6) is -0.569. The van der Waals surface area contributed by atoms with Crippen molar-refractivity contribution in [3.8, 4) is 0 Å². The number of hydrogen-bond acceptors (Lipinski definition) is 3. The van der Waals surface area contributed by atoms with Gasteiger partial charge in [-0.2, -0.15) is 0 Å². The zero-order valence-corrected chi connectivity index (χ0v) is 12.6. The number of amides is 2. The van der Waals surface area contributed by atoms with Crippen LogP contribution >= 0.6 is 0 Å². The van der Waals surface area contributed by atoms with Crippen LogP contribution in [0.25, 0.3) is 0 Å².